The summed E-state index contributed by atoms with van der Waals surface area (Å²) in [6, 6.07) is 5.04. The van der Waals surface area contributed by atoms with E-state index in [1.165, 1.54) is 6.07 Å². The van der Waals surface area contributed by atoms with Gasteiger partial charge in [-0.05, 0) is 36.5 Å². The molecule has 0 aromatic heterocycles. The molecule has 1 N–H and O–H groups in total. The van der Waals surface area contributed by atoms with Crippen LogP contribution < -0.4 is 0 Å². The lowest BCUT2D eigenvalue weighted by Gasteiger charge is -2.13. The van der Waals surface area contributed by atoms with Crippen molar-refractivity contribution in [2.75, 3.05) is 0 Å². The molecule has 0 spiro atoms. The SMILES string of the molecule is CC(C)c1ccc(F)c(C2(O)CC2)c1. The van der Waals surface area contributed by atoms with Gasteiger partial charge >= 0.3 is 0 Å². The zero-order valence-corrected chi connectivity index (χ0v) is 8.55. The van der Waals surface area contributed by atoms with Crippen molar-refractivity contribution in [3.63, 3.8) is 0 Å². The molecule has 76 valence electrons. The standard InChI is InChI=1S/C12H15FO/c1-8(2)9-3-4-11(13)10(7-9)12(14)5-6-12/h3-4,7-8,14H,5-6H2,1-2H3. The molecular weight excluding hydrogens is 179 g/mol. The minimum Gasteiger partial charge on any atom is -0.385 e. The minimum atomic E-state index is -0.866. The molecule has 0 amide bonds. The Balaban J connectivity index is 2.43. The van der Waals surface area contributed by atoms with Crippen LogP contribution in [0.5, 0.6) is 0 Å². The Hall–Kier alpha value is -0.890. The summed E-state index contributed by atoms with van der Waals surface area (Å²) in [7, 11) is 0. The first-order chi connectivity index (χ1) is 6.53. The van der Waals surface area contributed by atoms with Crippen molar-refractivity contribution in [2.24, 2.45) is 0 Å². The molecule has 1 aliphatic carbocycles. The number of hydrogen-bond donors (Lipinski definition) is 1. The lowest BCUT2D eigenvalue weighted by molar-refractivity contribution is 0.146. The van der Waals surface area contributed by atoms with Crippen LogP contribution in [0.1, 0.15) is 43.7 Å². The molecule has 0 radical (unpaired) electrons. The molecule has 14 heavy (non-hydrogen) atoms. The zero-order valence-electron chi connectivity index (χ0n) is 8.55. The van der Waals surface area contributed by atoms with E-state index in [4.69, 9.17) is 0 Å². The Labute approximate surface area is 83.6 Å². The van der Waals surface area contributed by atoms with Gasteiger partial charge in [0.2, 0.25) is 0 Å². The Kier molecular flexibility index (Phi) is 2.11. The Morgan fingerprint density at radius 3 is 2.50 bits per heavy atom. The van der Waals surface area contributed by atoms with Crippen molar-refractivity contribution in [3.8, 4) is 0 Å². The highest BCUT2D eigenvalue weighted by Gasteiger charge is 2.44. The molecule has 1 aromatic carbocycles. The van der Waals surface area contributed by atoms with Gasteiger partial charge in [-0.2, -0.15) is 0 Å². The number of halogens is 1. The maximum Gasteiger partial charge on any atom is 0.129 e. The topological polar surface area (TPSA) is 20.2 Å². The Morgan fingerprint density at radius 1 is 1.36 bits per heavy atom. The van der Waals surface area contributed by atoms with Crippen LogP contribution in [0.3, 0.4) is 0 Å². The van der Waals surface area contributed by atoms with Crippen LogP contribution >= 0.6 is 0 Å². The fourth-order valence-electron chi connectivity index (χ4n) is 1.65. The van der Waals surface area contributed by atoms with Crippen molar-refractivity contribution >= 4 is 0 Å². The summed E-state index contributed by atoms with van der Waals surface area (Å²) in [6.45, 7) is 4.13. The van der Waals surface area contributed by atoms with Crippen LogP contribution in [-0.4, -0.2) is 5.11 Å². The summed E-state index contributed by atoms with van der Waals surface area (Å²) in [6.07, 6.45) is 1.37. The quantitative estimate of drug-likeness (QED) is 0.767. The lowest BCUT2D eigenvalue weighted by atomic mass is 9.97. The molecule has 1 aliphatic rings. The second kappa shape index (κ2) is 3.06. The second-order valence-electron chi connectivity index (χ2n) is 4.43. The average Bonchev–Trinajstić information content (AvgIpc) is 2.85. The summed E-state index contributed by atoms with van der Waals surface area (Å²) >= 11 is 0. The van der Waals surface area contributed by atoms with Crippen LogP contribution in [0.15, 0.2) is 18.2 Å². The largest absolute Gasteiger partial charge is 0.385 e. The highest BCUT2D eigenvalue weighted by Crippen LogP contribution is 2.46. The van der Waals surface area contributed by atoms with Gasteiger partial charge < -0.3 is 5.11 Å². The molecule has 1 aromatic rings. The maximum absolute atomic E-state index is 13.4. The van der Waals surface area contributed by atoms with Crippen LogP contribution in [0.25, 0.3) is 0 Å². The fourth-order valence-corrected chi connectivity index (χ4v) is 1.65. The van der Waals surface area contributed by atoms with Crippen LogP contribution in [-0.2, 0) is 5.60 Å². The predicted molar refractivity (Wildman–Crippen MR) is 53.6 cm³/mol. The molecule has 1 fully saturated rings. The van der Waals surface area contributed by atoms with E-state index in [0.29, 0.717) is 24.3 Å². The monoisotopic (exact) mass is 194 g/mol. The van der Waals surface area contributed by atoms with E-state index in [0.717, 1.165) is 5.56 Å². The van der Waals surface area contributed by atoms with Crippen molar-refractivity contribution in [3.05, 3.63) is 35.1 Å². The third-order valence-corrected chi connectivity index (χ3v) is 2.88. The van der Waals surface area contributed by atoms with Gasteiger partial charge in [-0.3, -0.25) is 0 Å². The average molecular weight is 194 g/mol. The van der Waals surface area contributed by atoms with E-state index in [-0.39, 0.29) is 5.82 Å². The molecule has 2 heteroatoms. The number of rotatable bonds is 2. The highest BCUT2D eigenvalue weighted by molar-refractivity contribution is 5.34. The van der Waals surface area contributed by atoms with Gasteiger partial charge in [0.15, 0.2) is 0 Å². The molecule has 1 saturated carbocycles. The van der Waals surface area contributed by atoms with Gasteiger partial charge in [0.1, 0.15) is 5.82 Å². The molecule has 0 bridgehead atoms. The molecule has 1 nitrogen and oxygen atoms in total. The minimum absolute atomic E-state index is 0.283. The summed E-state index contributed by atoms with van der Waals surface area (Å²) in [5, 5.41) is 9.85. The number of aliphatic hydroxyl groups is 1. The van der Waals surface area contributed by atoms with Gasteiger partial charge in [0.05, 0.1) is 5.60 Å². The third-order valence-electron chi connectivity index (χ3n) is 2.88. The molecule has 0 unspecified atom stereocenters. The molecule has 0 aliphatic heterocycles. The normalized spacial score (nSPS) is 18.6. The van der Waals surface area contributed by atoms with Crippen LogP contribution in [0, 0.1) is 5.82 Å². The first-order valence-corrected chi connectivity index (χ1v) is 5.05. The summed E-state index contributed by atoms with van der Waals surface area (Å²) in [5.74, 6) is 0.0890. The summed E-state index contributed by atoms with van der Waals surface area (Å²) < 4.78 is 13.4. The van der Waals surface area contributed by atoms with Gasteiger partial charge in [0.25, 0.3) is 0 Å². The van der Waals surface area contributed by atoms with E-state index in [1.54, 1.807) is 12.1 Å². The van der Waals surface area contributed by atoms with Crippen molar-refractivity contribution < 1.29 is 9.50 Å². The molecule has 0 saturated heterocycles. The van der Waals surface area contributed by atoms with Gasteiger partial charge in [0, 0.05) is 5.56 Å². The zero-order chi connectivity index (χ0) is 10.3. The van der Waals surface area contributed by atoms with Crippen LogP contribution in [0.4, 0.5) is 4.39 Å². The van der Waals surface area contributed by atoms with Gasteiger partial charge in [-0.15, -0.1) is 0 Å². The van der Waals surface area contributed by atoms with Gasteiger partial charge in [-0.1, -0.05) is 19.9 Å². The smallest absolute Gasteiger partial charge is 0.129 e. The molecule has 0 atom stereocenters. The second-order valence-corrected chi connectivity index (χ2v) is 4.43. The van der Waals surface area contributed by atoms with Crippen molar-refractivity contribution in [1.29, 1.82) is 0 Å². The van der Waals surface area contributed by atoms with Crippen LogP contribution in [0.2, 0.25) is 0 Å². The first kappa shape index (κ1) is 9.66. The first-order valence-electron chi connectivity index (χ1n) is 5.05. The number of benzene rings is 1. The molecule has 0 heterocycles. The van der Waals surface area contributed by atoms with E-state index in [9.17, 15) is 9.50 Å². The van der Waals surface area contributed by atoms with E-state index in [1.807, 2.05) is 0 Å². The number of hydrogen-bond acceptors (Lipinski definition) is 1. The highest BCUT2D eigenvalue weighted by atomic mass is 19.1. The summed E-state index contributed by atoms with van der Waals surface area (Å²) in [4.78, 5) is 0. The Bertz CT molecular complexity index is 353. The fraction of sp³-hybridized carbons (Fsp3) is 0.500. The van der Waals surface area contributed by atoms with E-state index < -0.39 is 5.60 Å². The van der Waals surface area contributed by atoms with Gasteiger partial charge in [-0.25, -0.2) is 4.39 Å². The van der Waals surface area contributed by atoms with Crippen molar-refractivity contribution in [1.82, 2.24) is 0 Å². The summed E-state index contributed by atoms with van der Waals surface area (Å²) in [5.41, 5.74) is 0.694. The predicted octanol–water partition coefficient (Wildman–Crippen LogP) is 2.93. The van der Waals surface area contributed by atoms with Crippen molar-refractivity contribution in [2.45, 2.75) is 38.2 Å². The van der Waals surface area contributed by atoms with E-state index >= 15 is 0 Å². The maximum atomic E-state index is 13.4. The van der Waals surface area contributed by atoms with E-state index in [2.05, 4.69) is 13.8 Å². The third kappa shape index (κ3) is 1.55. The molecule has 2 rings (SSSR count). The lowest BCUT2D eigenvalue weighted by Crippen LogP contribution is -2.08. The molecular formula is C12H15FO. The Morgan fingerprint density at radius 2 is 2.00 bits per heavy atom.